The molecule has 2 aliphatic heterocycles. The van der Waals surface area contributed by atoms with Crippen LogP contribution in [-0.4, -0.2) is 40.0 Å². The Hall–Kier alpha value is -2.90. The second-order valence-corrected chi connectivity index (χ2v) is 6.10. The summed E-state index contributed by atoms with van der Waals surface area (Å²) in [6.45, 7) is 2.57. The first-order valence-corrected chi connectivity index (χ1v) is 8.36. The largest absolute Gasteiger partial charge is 0.482 e. The van der Waals surface area contributed by atoms with Crippen molar-refractivity contribution >= 4 is 17.5 Å². The summed E-state index contributed by atoms with van der Waals surface area (Å²) in [5.41, 5.74) is 1.02. The van der Waals surface area contributed by atoms with E-state index in [4.69, 9.17) is 9.26 Å². The molecule has 1 saturated heterocycles. The molecule has 2 amide bonds. The van der Waals surface area contributed by atoms with Crippen LogP contribution in [0.25, 0.3) is 0 Å². The summed E-state index contributed by atoms with van der Waals surface area (Å²) < 4.78 is 10.5. The third kappa shape index (κ3) is 2.84. The highest BCUT2D eigenvalue weighted by Crippen LogP contribution is 2.34. The van der Waals surface area contributed by atoms with Crippen molar-refractivity contribution in [2.24, 2.45) is 0 Å². The number of nitrogens with one attached hydrogen (secondary N) is 1. The quantitative estimate of drug-likeness (QED) is 0.915. The van der Waals surface area contributed by atoms with Crippen molar-refractivity contribution in [1.82, 2.24) is 15.0 Å². The van der Waals surface area contributed by atoms with Gasteiger partial charge in [0.1, 0.15) is 5.75 Å². The van der Waals surface area contributed by atoms with Gasteiger partial charge in [-0.1, -0.05) is 12.1 Å². The number of carbonyl (C=O) groups excluding carboxylic acids is 2. The molecule has 1 N–H and O–H groups in total. The molecule has 0 aliphatic carbocycles. The predicted octanol–water partition coefficient (Wildman–Crippen LogP) is 1.94. The van der Waals surface area contributed by atoms with Crippen LogP contribution >= 0.6 is 0 Å². The van der Waals surface area contributed by atoms with Gasteiger partial charge in [-0.3, -0.25) is 9.59 Å². The van der Waals surface area contributed by atoms with E-state index in [1.54, 1.807) is 23.1 Å². The Morgan fingerprint density at radius 1 is 1.44 bits per heavy atom. The second kappa shape index (κ2) is 6.19. The van der Waals surface area contributed by atoms with Crippen LogP contribution in [0, 0.1) is 0 Å². The van der Waals surface area contributed by atoms with Crippen LogP contribution in [0.1, 0.15) is 47.9 Å². The first-order chi connectivity index (χ1) is 12.2. The number of fused-ring (bicyclic) bond motifs is 1. The molecule has 0 bridgehead atoms. The summed E-state index contributed by atoms with van der Waals surface area (Å²) >= 11 is 0. The van der Waals surface area contributed by atoms with E-state index in [1.165, 1.54) is 0 Å². The molecule has 4 rings (SSSR count). The number of likely N-dealkylation sites (tertiary alicyclic amines) is 1. The van der Waals surface area contributed by atoms with Gasteiger partial charge in [0.15, 0.2) is 12.4 Å². The number of benzene rings is 1. The minimum atomic E-state index is -0.227. The molecular weight excluding hydrogens is 324 g/mol. The summed E-state index contributed by atoms with van der Waals surface area (Å²) in [7, 11) is 0. The molecular formula is C17H18N4O4. The number of rotatable bonds is 3. The maximum absolute atomic E-state index is 13.0. The standard InChI is InChI=1S/C17H18N4O4/c1-2-15-19-16(20-25-15)12-4-3-7-21(12)17(23)10-5-6-13-11(8-10)18-14(22)9-24-13/h5-6,8,12H,2-4,7,9H2,1H3,(H,18,22)/t12-/m0/s1. The second-order valence-electron chi connectivity index (χ2n) is 6.10. The lowest BCUT2D eigenvalue weighted by atomic mass is 10.1. The van der Waals surface area contributed by atoms with Crippen LogP contribution in [0.15, 0.2) is 22.7 Å². The number of carbonyl (C=O) groups is 2. The Kier molecular flexibility index (Phi) is 3.87. The molecule has 130 valence electrons. The van der Waals surface area contributed by atoms with Gasteiger partial charge < -0.3 is 19.5 Å². The molecule has 1 atom stereocenters. The highest BCUT2D eigenvalue weighted by molar-refractivity contribution is 6.00. The van der Waals surface area contributed by atoms with Crippen LogP contribution in [-0.2, 0) is 11.2 Å². The van der Waals surface area contributed by atoms with Gasteiger partial charge in [0.05, 0.1) is 11.7 Å². The molecule has 25 heavy (non-hydrogen) atoms. The lowest BCUT2D eigenvalue weighted by molar-refractivity contribution is -0.118. The fourth-order valence-electron chi connectivity index (χ4n) is 3.21. The zero-order valence-electron chi connectivity index (χ0n) is 13.8. The molecule has 2 aliphatic rings. The number of nitrogens with zero attached hydrogens (tertiary/aromatic N) is 3. The fraction of sp³-hybridized carbons (Fsp3) is 0.412. The number of aryl methyl sites for hydroxylation is 1. The molecule has 0 unspecified atom stereocenters. The summed E-state index contributed by atoms with van der Waals surface area (Å²) in [4.78, 5) is 30.6. The Labute approximate surface area is 144 Å². The van der Waals surface area contributed by atoms with Gasteiger partial charge in [-0.2, -0.15) is 4.98 Å². The third-order valence-electron chi connectivity index (χ3n) is 4.46. The van der Waals surface area contributed by atoms with E-state index in [1.807, 2.05) is 6.92 Å². The first kappa shape index (κ1) is 15.6. The van der Waals surface area contributed by atoms with E-state index in [9.17, 15) is 9.59 Å². The molecule has 0 spiro atoms. The first-order valence-electron chi connectivity index (χ1n) is 8.36. The maximum atomic E-state index is 13.0. The Morgan fingerprint density at radius 2 is 2.32 bits per heavy atom. The Morgan fingerprint density at radius 3 is 3.12 bits per heavy atom. The molecule has 2 aromatic rings. The minimum Gasteiger partial charge on any atom is -0.482 e. The topological polar surface area (TPSA) is 97.6 Å². The van der Waals surface area contributed by atoms with Crippen molar-refractivity contribution < 1.29 is 18.8 Å². The predicted molar refractivity (Wildman–Crippen MR) is 87.3 cm³/mol. The smallest absolute Gasteiger partial charge is 0.262 e. The van der Waals surface area contributed by atoms with Gasteiger partial charge in [-0.25, -0.2) is 0 Å². The average Bonchev–Trinajstić information content (AvgIpc) is 3.29. The Balaban J connectivity index is 1.59. The third-order valence-corrected chi connectivity index (χ3v) is 4.46. The van der Waals surface area contributed by atoms with Gasteiger partial charge >= 0.3 is 0 Å². The average molecular weight is 342 g/mol. The number of hydrogen-bond donors (Lipinski definition) is 1. The molecule has 3 heterocycles. The van der Waals surface area contributed by atoms with Crippen molar-refractivity contribution in [2.75, 3.05) is 18.5 Å². The van der Waals surface area contributed by atoms with E-state index in [-0.39, 0.29) is 24.5 Å². The van der Waals surface area contributed by atoms with Crippen LogP contribution in [0.2, 0.25) is 0 Å². The molecule has 0 saturated carbocycles. The van der Waals surface area contributed by atoms with E-state index in [2.05, 4.69) is 15.5 Å². The molecule has 8 heteroatoms. The van der Waals surface area contributed by atoms with Gasteiger partial charge in [0.2, 0.25) is 5.89 Å². The van der Waals surface area contributed by atoms with Crippen molar-refractivity contribution in [3.63, 3.8) is 0 Å². The van der Waals surface area contributed by atoms with Crippen LogP contribution in [0.3, 0.4) is 0 Å². The number of aromatic nitrogens is 2. The zero-order valence-corrected chi connectivity index (χ0v) is 13.8. The normalized spacial score (nSPS) is 19.3. The lowest BCUT2D eigenvalue weighted by Gasteiger charge is -2.23. The highest BCUT2D eigenvalue weighted by Gasteiger charge is 2.34. The zero-order chi connectivity index (χ0) is 17.4. The van der Waals surface area contributed by atoms with Crippen LogP contribution in [0.4, 0.5) is 5.69 Å². The summed E-state index contributed by atoms with van der Waals surface area (Å²) in [6, 6.07) is 4.88. The van der Waals surface area contributed by atoms with Crippen LogP contribution in [0.5, 0.6) is 5.75 Å². The van der Waals surface area contributed by atoms with Crippen molar-refractivity contribution in [1.29, 1.82) is 0 Å². The number of amides is 2. The van der Waals surface area contributed by atoms with Crippen molar-refractivity contribution in [3.05, 3.63) is 35.5 Å². The lowest BCUT2D eigenvalue weighted by Crippen LogP contribution is -2.31. The van der Waals surface area contributed by atoms with Crippen molar-refractivity contribution in [3.8, 4) is 5.75 Å². The summed E-state index contributed by atoms with van der Waals surface area (Å²) in [6.07, 6.45) is 2.36. The minimum absolute atomic E-state index is 0.00785. The molecule has 1 aromatic heterocycles. The highest BCUT2D eigenvalue weighted by atomic mass is 16.5. The van der Waals surface area contributed by atoms with Gasteiger partial charge in [-0.15, -0.1) is 0 Å². The Bertz CT molecular complexity index is 832. The SMILES string of the molecule is CCc1nc([C@@H]2CCCN2C(=O)c2ccc3c(c2)NC(=O)CO3)no1. The maximum Gasteiger partial charge on any atom is 0.262 e. The summed E-state index contributed by atoms with van der Waals surface area (Å²) in [5, 5.41) is 6.74. The summed E-state index contributed by atoms with van der Waals surface area (Å²) in [5.74, 6) is 1.35. The fourth-order valence-corrected chi connectivity index (χ4v) is 3.21. The number of hydrogen-bond acceptors (Lipinski definition) is 6. The van der Waals surface area contributed by atoms with E-state index in [0.717, 1.165) is 12.8 Å². The monoisotopic (exact) mass is 342 g/mol. The van der Waals surface area contributed by atoms with Gasteiger partial charge in [0, 0.05) is 18.5 Å². The van der Waals surface area contributed by atoms with Crippen LogP contribution < -0.4 is 10.1 Å². The number of ether oxygens (including phenoxy) is 1. The van der Waals surface area contributed by atoms with Gasteiger partial charge in [-0.05, 0) is 31.0 Å². The molecule has 8 nitrogen and oxygen atoms in total. The molecule has 1 aromatic carbocycles. The van der Waals surface area contributed by atoms with Crippen molar-refractivity contribution in [2.45, 2.75) is 32.2 Å². The van der Waals surface area contributed by atoms with E-state index >= 15 is 0 Å². The molecule has 1 fully saturated rings. The molecule has 0 radical (unpaired) electrons. The van der Waals surface area contributed by atoms with Gasteiger partial charge in [0.25, 0.3) is 11.8 Å². The van der Waals surface area contributed by atoms with E-state index < -0.39 is 0 Å². The number of anilines is 1. The van der Waals surface area contributed by atoms with E-state index in [0.29, 0.717) is 41.7 Å².